The molecule has 0 saturated carbocycles. The van der Waals surface area contributed by atoms with Gasteiger partial charge < -0.3 is 19.1 Å². The van der Waals surface area contributed by atoms with Crippen LogP contribution in [0.15, 0.2) is 83.6 Å². The topological polar surface area (TPSA) is 66.5 Å². The second-order valence-corrected chi connectivity index (χ2v) is 13.6. The van der Waals surface area contributed by atoms with Crippen molar-refractivity contribution in [3.63, 3.8) is 0 Å². The highest BCUT2D eigenvalue weighted by Crippen LogP contribution is 2.41. The van der Waals surface area contributed by atoms with Crippen LogP contribution in [0.3, 0.4) is 0 Å². The number of allylic oxidation sites excluding steroid dienone is 3. The summed E-state index contributed by atoms with van der Waals surface area (Å²) in [5.74, 6) is 1.36. The van der Waals surface area contributed by atoms with Crippen molar-refractivity contribution in [3.8, 4) is 11.5 Å². The molecule has 50 heavy (non-hydrogen) atoms. The Morgan fingerprint density at radius 1 is 0.720 bits per heavy atom. The molecule has 1 aliphatic heterocycles. The predicted octanol–water partition coefficient (Wildman–Crippen LogP) is 8.68. The van der Waals surface area contributed by atoms with Crippen molar-refractivity contribution in [1.29, 1.82) is 0 Å². The van der Waals surface area contributed by atoms with E-state index in [-0.39, 0.29) is 22.7 Å². The monoisotopic (exact) mass is 668 g/mol. The molecule has 7 rings (SSSR count). The molecule has 0 N–H and O–H groups in total. The maximum absolute atomic E-state index is 14.0. The molecule has 0 atom stereocenters. The van der Waals surface area contributed by atoms with Gasteiger partial charge in [-0.05, 0) is 49.6 Å². The first-order chi connectivity index (χ1) is 24.5. The van der Waals surface area contributed by atoms with E-state index >= 15 is 0 Å². The van der Waals surface area contributed by atoms with Crippen LogP contribution in [-0.2, 0) is 11.3 Å². The lowest BCUT2D eigenvalue weighted by Gasteiger charge is -2.28. The molecule has 0 amide bonds. The number of rotatable bonds is 16. The van der Waals surface area contributed by atoms with Gasteiger partial charge in [-0.15, -0.1) is 0 Å². The van der Waals surface area contributed by atoms with Crippen LogP contribution in [0, 0.1) is 0 Å². The van der Waals surface area contributed by atoms with Crippen LogP contribution in [0.4, 0.5) is 5.69 Å². The normalized spacial score (nSPS) is 15.5. The lowest BCUT2D eigenvalue weighted by atomic mass is 9.86. The average molecular weight is 669 g/mol. The van der Waals surface area contributed by atoms with Gasteiger partial charge in [0.15, 0.2) is 5.78 Å². The first-order valence-corrected chi connectivity index (χ1v) is 18.7. The Hall–Kier alpha value is -4.84. The number of aromatic nitrogens is 1. The Bertz CT molecular complexity index is 2250. The van der Waals surface area contributed by atoms with Gasteiger partial charge in [-0.2, -0.15) is 4.58 Å². The molecule has 0 saturated heterocycles. The average Bonchev–Trinajstić information content (AvgIpc) is 3.61. The Kier molecular flexibility index (Phi) is 9.80. The summed E-state index contributed by atoms with van der Waals surface area (Å²) >= 11 is 0. The fourth-order valence-electron chi connectivity index (χ4n) is 7.45. The van der Waals surface area contributed by atoms with Crippen molar-refractivity contribution in [2.24, 2.45) is 0 Å². The van der Waals surface area contributed by atoms with Crippen LogP contribution in [0.1, 0.15) is 84.6 Å². The van der Waals surface area contributed by atoms with E-state index in [1.807, 2.05) is 24.3 Å². The number of unbranched alkanes of at least 4 members (excludes halogenated alkanes) is 4. The molecule has 6 heteroatoms. The van der Waals surface area contributed by atoms with E-state index in [2.05, 4.69) is 85.4 Å². The summed E-state index contributed by atoms with van der Waals surface area (Å²) in [6, 6.07) is 20.9. The molecule has 258 valence electrons. The number of hydrogen-bond donors (Lipinski definition) is 0. The third kappa shape index (κ3) is 5.78. The number of carbonyl (C=O) groups excluding carboxylic acids is 1. The maximum Gasteiger partial charge on any atom is 0.214 e. The van der Waals surface area contributed by atoms with E-state index < -0.39 is 0 Å². The van der Waals surface area contributed by atoms with E-state index in [4.69, 9.17) is 9.47 Å². The molecular formula is C44H48N2O4. The highest BCUT2D eigenvalue weighted by atomic mass is 16.5. The van der Waals surface area contributed by atoms with Crippen molar-refractivity contribution in [1.82, 2.24) is 4.57 Å². The number of ether oxygens (including phenoxy) is 2. The summed E-state index contributed by atoms with van der Waals surface area (Å²) in [6.45, 7) is 11.6. The Morgan fingerprint density at radius 3 is 2.04 bits per heavy atom. The zero-order valence-corrected chi connectivity index (χ0v) is 29.9. The fraction of sp³-hybridized carbons (Fsp3) is 0.364. The Labute approximate surface area is 295 Å². The lowest BCUT2D eigenvalue weighted by molar-refractivity contribution is -0.436. The second kappa shape index (κ2) is 14.6. The van der Waals surface area contributed by atoms with Crippen molar-refractivity contribution >= 4 is 55.7 Å². The van der Waals surface area contributed by atoms with E-state index in [0.29, 0.717) is 13.2 Å². The molecular weight excluding hydrogens is 620 g/mol. The van der Waals surface area contributed by atoms with Gasteiger partial charge >= 0.3 is 0 Å². The van der Waals surface area contributed by atoms with Crippen molar-refractivity contribution in [3.05, 3.63) is 94.6 Å². The number of benzene rings is 4. The second-order valence-electron chi connectivity index (χ2n) is 13.6. The molecule has 5 aromatic rings. The van der Waals surface area contributed by atoms with Crippen LogP contribution in [0.5, 0.6) is 11.5 Å². The molecule has 0 unspecified atom stereocenters. The zero-order chi connectivity index (χ0) is 34.8. The quantitative estimate of drug-likeness (QED) is 0.0600. The van der Waals surface area contributed by atoms with Gasteiger partial charge in [-0.1, -0.05) is 89.5 Å². The smallest absolute Gasteiger partial charge is 0.214 e. The SMILES string of the molecule is CCCCOc1ccc2c3c(cccc13)C(/C=C1\C(=O)C(/C=c3\c4cccc5c(OCCCC)ccc(c54)n3CCCC)=C1[O-])=[N+]2CCCC. The van der Waals surface area contributed by atoms with Gasteiger partial charge in [0.2, 0.25) is 11.4 Å². The van der Waals surface area contributed by atoms with Crippen LogP contribution in [0.25, 0.3) is 38.5 Å². The van der Waals surface area contributed by atoms with E-state index in [1.165, 1.54) is 0 Å². The number of ketones is 1. The highest BCUT2D eigenvalue weighted by molar-refractivity contribution is 6.29. The number of aryl methyl sites for hydroxylation is 1. The number of carbonyl (C=O) groups is 1. The lowest BCUT2D eigenvalue weighted by Crippen LogP contribution is -2.32. The van der Waals surface area contributed by atoms with Gasteiger partial charge in [-0.3, -0.25) is 4.79 Å². The first-order valence-electron chi connectivity index (χ1n) is 18.7. The summed E-state index contributed by atoms with van der Waals surface area (Å²) in [5, 5.41) is 20.3. The van der Waals surface area contributed by atoms with Crippen molar-refractivity contribution in [2.75, 3.05) is 19.8 Å². The molecule has 4 aromatic carbocycles. The number of Topliss-reactive ketones (excluding diaryl/α,β-unsaturated/α-hetero) is 1. The van der Waals surface area contributed by atoms with Crippen molar-refractivity contribution in [2.45, 2.75) is 85.6 Å². The Morgan fingerprint density at radius 2 is 1.36 bits per heavy atom. The predicted molar refractivity (Wildman–Crippen MR) is 203 cm³/mol. The summed E-state index contributed by atoms with van der Waals surface area (Å²) in [5.41, 5.74) is 4.65. The molecule has 2 heterocycles. The molecule has 0 spiro atoms. The van der Waals surface area contributed by atoms with Gasteiger partial charge in [0, 0.05) is 68.7 Å². The minimum atomic E-state index is -0.195. The van der Waals surface area contributed by atoms with Crippen LogP contribution in [0.2, 0.25) is 0 Å². The third-order valence-corrected chi connectivity index (χ3v) is 10.2. The zero-order valence-electron chi connectivity index (χ0n) is 29.9. The summed E-state index contributed by atoms with van der Waals surface area (Å²) < 4.78 is 17.0. The van der Waals surface area contributed by atoms with Gasteiger partial charge in [0.1, 0.15) is 18.0 Å². The van der Waals surface area contributed by atoms with Crippen LogP contribution >= 0.6 is 0 Å². The van der Waals surface area contributed by atoms with Crippen LogP contribution in [-0.4, -0.2) is 40.4 Å². The number of nitrogens with zero attached hydrogens (tertiary/aromatic N) is 2. The highest BCUT2D eigenvalue weighted by Gasteiger charge is 2.35. The minimum Gasteiger partial charge on any atom is -0.871 e. The van der Waals surface area contributed by atoms with Crippen LogP contribution < -0.4 is 19.9 Å². The van der Waals surface area contributed by atoms with E-state index in [1.54, 1.807) is 0 Å². The number of hydrogen-bond acceptors (Lipinski definition) is 4. The molecule has 6 nitrogen and oxygen atoms in total. The van der Waals surface area contributed by atoms with Crippen molar-refractivity contribution < 1.29 is 24.0 Å². The van der Waals surface area contributed by atoms with E-state index in [9.17, 15) is 9.90 Å². The fourth-order valence-corrected chi connectivity index (χ4v) is 7.45. The molecule has 1 aromatic heterocycles. The van der Waals surface area contributed by atoms with Gasteiger partial charge in [0.05, 0.1) is 24.2 Å². The third-order valence-electron chi connectivity index (χ3n) is 10.2. The summed E-state index contributed by atoms with van der Waals surface area (Å²) in [7, 11) is 0. The minimum absolute atomic E-state index is 0.195. The molecule has 0 bridgehead atoms. The summed E-state index contributed by atoms with van der Waals surface area (Å²) in [4.78, 5) is 14.0. The molecule has 0 fully saturated rings. The van der Waals surface area contributed by atoms with Gasteiger partial charge in [0.25, 0.3) is 0 Å². The Balaban J connectivity index is 1.33. The first kappa shape index (κ1) is 33.6. The standard InChI is InChI=1S/C44H48N2O4/c1-5-9-23-45-35-19-21-39(49-25-11-7-3)31-17-13-15-29(41(31)35)37(45)27-33-43(47)34(44(33)48)28-38-30-16-14-18-32-40(50-26-12-8-4)22-20-36(42(30)32)46(38)24-10-6-2/h13-22,27-28H,5-12,23-26H2,1-4H3. The molecule has 2 aliphatic rings. The van der Waals surface area contributed by atoms with E-state index in [0.717, 1.165) is 131 Å². The molecule has 0 radical (unpaired) electrons. The van der Waals surface area contributed by atoms with Gasteiger partial charge in [-0.25, -0.2) is 0 Å². The molecule has 1 aliphatic carbocycles. The maximum atomic E-state index is 14.0. The summed E-state index contributed by atoms with van der Waals surface area (Å²) in [6.07, 6.45) is 11.9. The largest absolute Gasteiger partial charge is 0.871 e.